The second kappa shape index (κ2) is 6.74. The molecule has 140 valence electrons. The van der Waals surface area contributed by atoms with Crippen molar-refractivity contribution in [3.05, 3.63) is 59.2 Å². The van der Waals surface area contributed by atoms with Crippen LogP contribution in [0.5, 0.6) is 11.5 Å². The van der Waals surface area contributed by atoms with E-state index in [1.165, 1.54) is 16.6 Å². The van der Waals surface area contributed by atoms with Gasteiger partial charge in [0.15, 0.2) is 17.3 Å². The number of allylic oxidation sites excluding steroid dienone is 1. The zero-order valence-corrected chi connectivity index (χ0v) is 15.7. The highest BCUT2D eigenvalue weighted by Gasteiger charge is 2.26. The van der Waals surface area contributed by atoms with Crippen LogP contribution >= 0.6 is 0 Å². The topological polar surface area (TPSA) is 72.9 Å². The molecule has 2 heterocycles. The molecule has 0 bridgehead atoms. The van der Waals surface area contributed by atoms with E-state index in [0.29, 0.717) is 48.9 Å². The minimum absolute atomic E-state index is 0.134. The maximum atomic E-state index is 12.5. The third-order valence-electron chi connectivity index (χ3n) is 4.61. The zero-order chi connectivity index (χ0) is 19.0. The first-order valence-corrected chi connectivity index (χ1v) is 10.5. The van der Waals surface area contributed by atoms with Crippen molar-refractivity contribution in [2.24, 2.45) is 0 Å². The van der Waals surface area contributed by atoms with Gasteiger partial charge < -0.3 is 9.47 Å². The Kier molecular flexibility index (Phi) is 4.39. The lowest BCUT2D eigenvalue weighted by Crippen LogP contribution is -2.27. The molecule has 0 N–H and O–H groups in total. The molecule has 0 saturated heterocycles. The van der Waals surface area contributed by atoms with Crippen molar-refractivity contribution in [1.82, 2.24) is 0 Å². The minimum Gasteiger partial charge on any atom is -0.486 e. The molecule has 0 spiro atoms. The van der Waals surface area contributed by atoms with Crippen LogP contribution in [0, 0.1) is 0 Å². The highest BCUT2D eigenvalue weighted by atomic mass is 32.2. The first-order chi connectivity index (χ1) is 12.9. The number of anilines is 1. The summed E-state index contributed by atoms with van der Waals surface area (Å²) in [6.07, 6.45) is 5.04. The number of carbonyl (C=O) groups is 1. The van der Waals surface area contributed by atoms with Gasteiger partial charge in [0.1, 0.15) is 13.2 Å². The lowest BCUT2D eigenvalue weighted by molar-refractivity contribution is 0.104. The summed E-state index contributed by atoms with van der Waals surface area (Å²) in [5.41, 5.74) is 2.92. The van der Waals surface area contributed by atoms with Gasteiger partial charge in [-0.05, 0) is 54.0 Å². The van der Waals surface area contributed by atoms with Crippen LogP contribution in [0.4, 0.5) is 5.69 Å². The van der Waals surface area contributed by atoms with Crippen molar-refractivity contribution < 1.29 is 22.7 Å². The van der Waals surface area contributed by atoms with Crippen LogP contribution in [0.3, 0.4) is 0 Å². The maximum absolute atomic E-state index is 12.5. The monoisotopic (exact) mass is 385 g/mol. The van der Waals surface area contributed by atoms with Gasteiger partial charge >= 0.3 is 0 Å². The highest BCUT2D eigenvalue weighted by Crippen LogP contribution is 2.32. The summed E-state index contributed by atoms with van der Waals surface area (Å²) in [5, 5.41) is 0. The SMILES string of the molecule is CS(=O)(=O)N1CCc2cc(C(=O)C=Cc3ccc4c(c3)OCCO4)ccc21. The van der Waals surface area contributed by atoms with Crippen LogP contribution in [0.25, 0.3) is 6.08 Å². The van der Waals surface area contributed by atoms with Crippen molar-refractivity contribution in [3.8, 4) is 11.5 Å². The predicted octanol–water partition coefficient (Wildman–Crippen LogP) is 2.68. The van der Waals surface area contributed by atoms with Crippen LogP contribution in [-0.4, -0.2) is 40.2 Å². The van der Waals surface area contributed by atoms with E-state index in [9.17, 15) is 13.2 Å². The zero-order valence-electron chi connectivity index (χ0n) is 14.8. The molecule has 0 amide bonds. The van der Waals surface area contributed by atoms with Gasteiger partial charge in [0.25, 0.3) is 0 Å². The molecule has 0 radical (unpaired) electrons. The number of sulfonamides is 1. The third-order valence-corrected chi connectivity index (χ3v) is 5.79. The molecule has 0 fully saturated rings. The van der Waals surface area contributed by atoms with Crippen LogP contribution < -0.4 is 13.8 Å². The molecule has 27 heavy (non-hydrogen) atoms. The fourth-order valence-electron chi connectivity index (χ4n) is 3.30. The first kappa shape index (κ1) is 17.6. The Morgan fingerprint density at radius 1 is 1.07 bits per heavy atom. The molecule has 6 nitrogen and oxygen atoms in total. The molecule has 4 rings (SSSR count). The van der Waals surface area contributed by atoms with Crippen LogP contribution in [-0.2, 0) is 16.4 Å². The smallest absolute Gasteiger partial charge is 0.232 e. The number of hydrogen-bond donors (Lipinski definition) is 0. The Bertz CT molecular complexity index is 1040. The van der Waals surface area contributed by atoms with E-state index >= 15 is 0 Å². The van der Waals surface area contributed by atoms with Gasteiger partial charge in [0.2, 0.25) is 10.0 Å². The van der Waals surface area contributed by atoms with Crippen molar-refractivity contribution in [2.75, 3.05) is 30.3 Å². The molecule has 2 aliphatic rings. The summed E-state index contributed by atoms with van der Waals surface area (Å²) in [6, 6.07) is 10.7. The average Bonchev–Trinajstić information content (AvgIpc) is 3.09. The van der Waals surface area contributed by atoms with Gasteiger partial charge in [0, 0.05) is 12.1 Å². The van der Waals surface area contributed by atoms with Crippen molar-refractivity contribution >= 4 is 27.6 Å². The largest absolute Gasteiger partial charge is 0.486 e. The molecule has 7 heteroatoms. The number of hydrogen-bond acceptors (Lipinski definition) is 5. The second-order valence-corrected chi connectivity index (χ2v) is 8.44. The maximum Gasteiger partial charge on any atom is 0.232 e. The normalized spacial score (nSPS) is 15.8. The molecule has 0 unspecified atom stereocenters. The predicted molar refractivity (Wildman–Crippen MR) is 103 cm³/mol. The summed E-state index contributed by atoms with van der Waals surface area (Å²) in [7, 11) is -3.29. The number of rotatable bonds is 4. The third kappa shape index (κ3) is 3.55. The molecule has 0 aliphatic carbocycles. The Morgan fingerprint density at radius 3 is 2.63 bits per heavy atom. The number of nitrogens with zero attached hydrogens (tertiary/aromatic N) is 1. The molecular weight excluding hydrogens is 366 g/mol. The molecule has 0 saturated carbocycles. The second-order valence-electron chi connectivity index (χ2n) is 6.53. The lowest BCUT2D eigenvalue weighted by Gasteiger charge is -2.18. The average molecular weight is 385 g/mol. The quantitative estimate of drug-likeness (QED) is 0.598. The van der Waals surface area contributed by atoms with E-state index in [2.05, 4.69) is 0 Å². The summed E-state index contributed by atoms with van der Waals surface area (Å²) in [6.45, 7) is 1.47. The Morgan fingerprint density at radius 2 is 1.85 bits per heavy atom. The minimum atomic E-state index is -3.29. The van der Waals surface area contributed by atoms with Gasteiger partial charge in [-0.2, -0.15) is 0 Å². The van der Waals surface area contributed by atoms with Gasteiger partial charge in [-0.3, -0.25) is 9.10 Å². The van der Waals surface area contributed by atoms with Crippen molar-refractivity contribution in [1.29, 1.82) is 0 Å². The van der Waals surface area contributed by atoms with Crippen LogP contribution in [0.15, 0.2) is 42.5 Å². The molecule has 2 aromatic rings. The van der Waals surface area contributed by atoms with Gasteiger partial charge in [0.05, 0.1) is 11.9 Å². The number of ether oxygens (including phenoxy) is 2. The molecular formula is C20H19NO5S. The fourth-order valence-corrected chi connectivity index (χ4v) is 4.26. The van der Waals surface area contributed by atoms with E-state index in [1.54, 1.807) is 24.3 Å². The van der Waals surface area contributed by atoms with Crippen molar-refractivity contribution in [3.63, 3.8) is 0 Å². The number of ketones is 1. The van der Waals surface area contributed by atoms with Gasteiger partial charge in [-0.15, -0.1) is 0 Å². The molecule has 0 atom stereocenters. The summed E-state index contributed by atoms with van der Waals surface area (Å²) >= 11 is 0. The Labute approximate surface area is 158 Å². The highest BCUT2D eigenvalue weighted by molar-refractivity contribution is 7.92. The lowest BCUT2D eigenvalue weighted by atomic mass is 10.0. The summed E-state index contributed by atoms with van der Waals surface area (Å²) in [4.78, 5) is 12.5. The standard InChI is InChI=1S/C20H19NO5S/c1-27(23,24)21-9-8-15-13-16(4-5-17(15)21)18(22)6-2-14-3-7-19-20(12-14)26-11-10-25-19/h2-7,12-13H,8-11H2,1H3. The molecule has 2 aromatic carbocycles. The number of fused-ring (bicyclic) bond motifs is 2. The first-order valence-electron chi connectivity index (χ1n) is 8.64. The van der Waals surface area contributed by atoms with Gasteiger partial charge in [-0.1, -0.05) is 12.1 Å². The summed E-state index contributed by atoms with van der Waals surface area (Å²) < 4.78 is 36.0. The Balaban J connectivity index is 1.53. The van der Waals surface area contributed by atoms with E-state index < -0.39 is 10.0 Å². The molecule has 2 aliphatic heterocycles. The van der Waals surface area contributed by atoms with E-state index in [-0.39, 0.29) is 5.78 Å². The fraction of sp³-hybridized carbons (Fsp3) is 0.250. The number of carbonyl (C=O) groups excluding carboxylic acids is 1. The van der Waals surface area contributed by atoms with E-state index in [1.807, 2.05) is 18.2 Å². The van der Waals surface area contributed by atoms with E-state index in [4.69, 9.17) is 9.47 Å². The van der Waals surface area contributed by atoms with E-state index in [0.717, 1.165) is 11.1 Å². The van der Waals surface area contributed by atoms with Crippen LogP contribution in [0.2, 0.25) is 0 Å². The molecule has 0 aromatic heterocycles. The van der Waals surface area contributed by atoms with Crippen LogP contribution in [0.1, 0.15) is 21.5 Å². The van der Waals surface area contributed by atoms with Gasteiger partial charge in [-0.25, -0.2) is 8.42 Å². The van der Waals surface area contributed by atoms with Crippen molar-refractivity contribution in [2.45, 2.75) is 6.42 Å². The number of benzene rings is 2. The Hall–Kier alpha value is -2.80. The summed E-state index contributed by atoms with van der Waals surface area (Å²) in [5.74, 6) is 1.25.